The molecule has 0 saturated carbocycles. The molecule has 3 heterocycles. The zero-order chi connectivity index (χ0) is 15.7. The van der Waals surface area contributed by atoms with Gasteiger partial charge in [-0.1, -0.05) is 13.8 Å². The Morgan fingerprint density at radius 2 is 1.86 bits per heavy atom. The highest BCUT2D eigenvalue weighted by Crippen LogP contribution is 2.15. The number of aromatic nitrogens is 6. The van der Waals surface area contributed by atoms with Gasteiger partial charge in [0.15, 0.2) is 11.5 Å². The smallest absolute Gasteiger partial charge is 0.331 e. The second-order valence-corrected chi connectivity index (χ2v) is 5.15. The van der Waals surface area contributed by atoms with Crippen molar-refractivity contribution >= 4 is 11.2 Å². The SMILES string of the molecule is CCCn1c(=O)c2[nH]c(-c3ccn[nH]3)nc2n(CCC)c1=O. The van der Waals surface area contributed by atoms with Crippen LogP contribution in [0.3, 0.4) is 0 Å². The summed E-state index contributed by atoms with van der Waals surface area (Å²) in [7, 11) is 0. The van der Waals surface area contributed by atoms with E-state index in [1.807, 2.05) is 13.8 Å². The molecule has 0 atom stereocenters. The van der Waals surface area contributed by atoms with Crippen LogP contribution in [0.1, 0.15) is 26.7 Å². The molecular formula is C14H18N6O2. The van der Waals surface area contributed by atoms with Crippen molar-refractivity contribution in [2.24, 2.45) is 0 Å². The van der Waals surface area contributed by atoms with Gasteiger partial charge >= 0.3 is 5.69 Å². The Morgan fingerprint density at radius 1 is 1.14 bits per heavy atom. The number of rotatable bonds is 5. The molecule has 0 fully saturated rings. The van der Waals surface area contributed by atoms with Crippen molar-refractivity contribution in [3.05, 3.63) is 33.1 Å². The van der Waals surface area contributed by atoms with Gasteiger partial charge in [-0.3, -0.25) is 19.0 Å². The Hall–Kier alpha value is -2.64. The standard InChI is InChI=1S/C14H18N6O2/c1-3-7-19-12-10(13(21)20(8-4-2)14(19)22)16-11(17-12)9-5-6-15-18-9/h5-6H,3-4,7-8H2,1-2H3,(H,15,18)(H,16,17). The van der Waals surface area contributed by atoms with E-state index in [-0.39, 0.29) is 11.2 Å². The molecule has 0 amide bonds. The quantitative estimate of drug-likeness (QED) is 0.736. The molecule has 0 spiro atoms. The van der Waals surface area contributed by atoms with Gasteiger partial charge in [-0.25, -0.2) is 9.78 Å². The number of hydrogen-bond acceptors (Lipinski definition) is 4. The molecule has 0 aliphatic carbocycles. The third-order valence-electron chi connectivity index (χ3n) is 3.51. The van der Waals surface area contributed by atoms with Gasteiger partial charge in [-0.15, -0.1) is 0 Å². The first-order valence-corrected chi connectivity index (χ1v) is 7.40. The van der Waals surface area contributed by atoms with E-state index in [0.29, 0.717) is 42.2 Å². The maximum atomic E-state index is 12.5. The van der Waals surface area contributed by atoms with E-state index < -0.39 is 0 Å². The summed E-state index contributed by atoms with van der Waals surface area (Å²) in [5.41, 5.74) is 0.796. The summed E-state index contributed by atoms with van der Waals surface area (Å²) < 4.78 is 2.83. The lowest BCUT2D eigenvalue weighted by Crippen LogP contribution is -2.40. The average molecular weight is 302 g/mol. The van der Waals surface area contributed by atoms with Crippen LogP contribution in [-0.2, 0) is 13.1 Å². The Balaban J connectivity index is 2.33. The maximum absolute atomic E-state index is 12.5. The summed E-state index contributed by atoms with van der Waals surface area (Å²) >= 11 is 0. The van der Waals surface area contributed by atoms with E-state index in [1.165, 1.54) is 4.57 Å². The molecule has 8 heteroatoms. The van der Waals surface area contributed by atoms with Crippen LogP contribution in [0.4, 0.5) is 0 Å². The van der Waals surface area contributed by atoms with Crippen molar-refractivity contribution < 1.29 is 0 Å². The van der Waals surface area contributed by atoms with Crippen LogP contribution >= 0.6 is 0 Å². The number of nitrogens with one attached hydrogen (secondary N) is 2. The van der Waals surface area contributed by atoms with Crippen molar-refractivity contribution in [1.82, 2.24) is 29.3 Å². The fourth-order valence-corrected chi connectivity index (χ4v) is 2.53. The number of aromatic amines is 2. The van der Waals surface area contributed by atoms with Crippen molar-refractivity contribution in [3.8, 4) is 11.5 Å². The molecule has 3 aromatic heterocycles. The van der Waals surface area contributed by atoms with Crippen LogP contribution in [0.15, 0.2) is 21.9 Å². The van der Waals surface area contributed by atoms with Gasteiger partial charge in [0, 0.05) is 19.3 Å². The van der Waals surface area contributed by atoms with Crippen LogP contribution in [-0.4, -0.2) is 29.3 Å². The molecule has 3 aromatic rings. The first-order valence-electron chi connectivity index (χ1n) is 7.40. The molecule has 0 aliphatic rings. The highest BCUT2D eigenvalue weighted by molar-refractivity contribution is 5.74. The Bertz CT molecular complexity index is 900. The highest BCUT2D eigenvalue weighted by Gasteiger charge is 2.17. The molecule has 0 unspecified atom stereocenters. The summed E-state index contributed by atoms with van der Waals surface area (Å²) in [6, 6.07) is 1.75. The average Bonchev–Trinajstić information content (AvgIpc) is 3.16. The molecule has 3 rings (SSSR count). The maximum Gasteiger partial charge on any atom is 0.332 e. The van der Waals surface area contributed by atoms with E-state index in [1.54, 1.807) is 16.8 Å². The molecule has 0 radical (unpaired) electrons. The summed E-state index contributed by atoms with van der Waals surface area (Å²) in [4.78, 5) is 32.5. The molecule has 116 valence electrons. The number of nitrogens with zero attached hydrogens (tertiary/aromatic N) is 4. The van der Waals surface area contributed by atoms with Gasteiger partial charge in [-0.2, -0.15) is 5.10 Å². The lowest BCUT2D eigenvalue weighted by atomic mass is 10.4. The van der Waals surface area contributed by atoms with Crippen molar-refractivity contribution in [2.75, 3.05) is 0 Å². The third-order valence-corrected chi connectivity index (χ3v) is 3.51. The van der Waals surface area contributed by atoms with Crippen LogP contribution < -0.4 is 11.2 Å². The zero-order valence-electron chi connectivity index (χ0n) is 12.6. The molecular weight excluding hydrogens is 284 g/mol. The Morgan fingerprint density at radius 3 is 2.50 bits per heavy atom. The lowest BCUT2D eigenvalue weighted by Gasteiger charge is -2.09. The topological polar surface area (TPSA) is 101 Å². The Kier molecular flexibility index (Phi) is 3.66. The van der Waals surface area contributed by atoms with Gasteiger partial charge in [0.25, 0.3) is 5.56 Å². The largest absolute Gasteiger partial charge is 0.332 e. The van der Waals surface area contributed by atoms with Crippen molar-refractivity contribution in [3.63, 3.8) is 0 Å². The summed E-state index contributed by atoms with van der Waals surface area (Å²) in [5.74, 6) is 0.503. The molecule has 8 nitrogen and oxygen atoms in total. The lowest BCUT2D eigenvalue weighted by molar-refractivity contribution is 0.555. The van der Waals surface area contributed by atoms with Crippen LogP contribution in [0.5, 0.6) is 0 Å². The molecule has 0 aromatic carbocycles. The summed E-state index contributed by atoms with van der Waals surface area (Å²) in [5, 5.41) is 6.68. The molecule has 0 aliphatic heterocycles. The fraction of sp³-hybridized carbons (Fsp3) is 0.429. The van der Waals surface area contributed by atoms with Gasteiger partial charge in [0.2, 0.25) is 0 Å². The minimum atomic E-state index is -0.326. The van der Waals surface area contributed by atoms with E-state index in [2.05, 4.69) is 20.2 Å². The number of hydrogen-bond donors (Lipinski definition) is 2. The van der Waals surface area contributed by atoms with E-state index in [0.717, 1.165) is 6.42 Å². The highest BCUT2D eigenvalue weighted by atomic mass is 16.2. The van der Waals surface area contributed by atoms with Gasteiger partial charge < -0.3 is 4.98 Å². The number of imidazole rings is 1. The second kappa shape index (κ2) is 5.63. The van der Waals surface area contributed by atoms with Crippen molar-refractivity contribution in [1.29, 1.82) is 0 Å². The predicted octanol–water partition coefficient (Wildman–Crippen LogP) is 1.10. The summed E-state index contributed by atoms with van der Waals surface area (Å²) in [6.45, 7) is 4.83. The van der Waals surface area contributed by atoms with E-state index >= 15 is 0 Å². The molecule has 0 saturated heterocycles. The molecule has 22 heavy (non-hydrogen) atoms. The molecule has 2 N–H and O–H groups in total. The van der Waals surface area contributed by atoms with Crippen LogP contribution in [0.2, 0.25) is 0 Å². The normalized spacial score (nSPS) is 11.4. The van der Waals surface area contributed by atoms with Gasteiger partial charge in [0.05, 0.1) is 0 Å². The van der Waals surface area contributed by atoms with Gasteiger partial charge in [0.1, 0.15) is 11.2 Å². The number of fused-ring (bicyclic) bond motifs is 1. The van der Waals surface area contributed by atoms with E-state index in [4.69, 9.17) is 0 Å². The van der Waals surface area contributed by atoms with Crippen LogP contribution in [0.25, 0.3) is 22.7 Å². The van der Waals surface area contributed by atoms with Crippen molar-refractivity contribution in [2.45, 2.75) is 39.8 Å². The van der Waals surface area contributed by atoms with Gasteiger partial charge in [-0.05, 0) is 18.9 Å². The monoisotopic (exact) mass is 302 g/mol. The third kappa shape index (κ3) is 2.16. The first kappa shape index (κ1) is 14.3. The molecule has 0 bridgehead atoms. The summed E-state index contributed by atoms with van der Waals surface area (Å²) in [6.07, 6.45) is 3.11. The number of H-pyrrole nitrogens is 2. The second-order valence-electron chi connectivity index (χ2n) is 5.15. The Labute approximate surface area is 125 Å². The zero-order valence-corrected chi connectivity index (χ0v) is 12.6. The van der Waals surface area contributed by atoms with Crippen LogP contribution in [0, 0.1) is 0 Å². The predicted molar refractivity (Wildman–Crippen MR) is 82.8 cm³/mol. The minimum absolute atomic E-state index is 0.302. The first-order chi connectivity index (χ1) is 10.7. The number of aryl methyl sites for hydroxylation is 1. The fourth-order valence-electron chi connectivity index (χ4n) is 2.53. The minimum Gasteiger partial charge on any atom is -0.331 e. The van der Waals surface area contributed by atoms with E-state index in [9.17, 15) is 9.59 Å².